The Morgan fingerprint density at radius 1 is 1.21 bits per heavy atom. The monoisotopic (exact) mass is 265 g/mol. The third kappa shape index (κ3) is 4.21. The van der Waals surface area contributed by atoms with Crippen molar-refractivity contribution in [1.29, 1.82) is 0 Å². The number of benzene rings is 1. The van der Waals surface area contributed by atoms with Gasteiger partial charge in [-0.3, -0.25) is 0 Å². The summed E-state index contributed by atoms with van der Waals surface area (Å²) in [5.74, 6) is -0.354. The molecule has 0 aromatic heterocycles. The van der Waals surface area contributed by atoms with Gasteiger partial charge in [-0.2, -0.15) is 0 Å². The van der Waals surface area contributed by atoms with Crippen LogP contribution < -0.4 is 16.0 Å². The van der Waals surface area contributed by atoms with E-state index in [1.807, 2.05) is 7.05 Å². The number of carbonyl (C=O) groups is 1. The Morgan fingerprint density at radius 3 is 2.53 bits per heavy atom. The molecule has 5 heteroatoms. The zero-order valence-corrected chi connectivity index (χ0v) is 11.1. The number of anilines is 1. The molecule has 0 bridgehead atoms. The van der Waals surface area contributed by atoms with Gasteiger partial charge in [0.05, 0.1) is 0 Å². The second-order valence-corrected chi connectivity index (χ2v) is 4.95. The molecular weight excluding hydrogens is 245 g/mol. The lowest BCUT2D eigenvalue weighted by Gasteiger charge is -2.28. The second-order valence-electron chi connectivity index (χ2n) is 4.95. The molecule has 0 saturated heterocycles. The van der Waals surface area contributed by atoms with Gasteiger partial charge in [-0.05, 0) is 50.9 Å². The predicted molar refractivity (Wildman–Crippen MR) is 73.7 cm³/mol. The van der Waals surface area contributed by atoms with Gasteiger partial charge < -0.3 is 16.0 Å². The third-order valence-electron chi connectivity index (χ3n) is 3.55. The molecule has 19 heavy (non-hydrogen) atoms. The van der Waals surface area contributed by atoms with Crippen molar-refractivity contribution < 1.29 is 9.18 Å². The van der Waals surface area contributed by atoms with Crippen molar-refractivity contribution in [3.05, 3.63) is 30.1 Å². The summed E-state index contributed by atoms with van der Waals surface area (Å²) in [7, 11) is 1.97. The topological polar surface area (TPSA) is 53.2 Å². The molecule has 1 aromatic rings. The fourth-order valence-corrected chi connectivity index (χ4v) is 2.45. The average molecular weight is 265 g/mol. The predicted octanol–water partition coefficient (Wildman–Crippen LogP) is 2.48. The molecule has 1 aliphatic rings. The lowest BCUT2D eigenvalue weighted by molar-refractivity contribution is 0.241. The van der Waals surface area contributed by atoms with E-state index in [9.17, 15) is 9.18 Å². The van der Waals surface area contributed by atoms with Gasteiger partial charge in [-0.1, -0.05) is 6.07 Å². The van der Waals surface area contributed by atoms with E-state index in [1.165, 1.54) is 12.1 Å². The third-order valence-corrected chi connectivity index (χ3v) is 3.55. The van der Waals surface area contributed by atoms with Gasteiger partial charge >= 0.3 is 6.03 Å². The minimum absolute atomic E-state index is 0.207. The summed E-state index contributed by atoms with van der Waals surface area (Å²) in [6, 6.07) is 6.39. The number of hydrogen-bond acceptors (Lipinski definition) is 2. The van der Waals surface area contributed by atoms with Crippen molar-refractivity contribution >= 4 is 11.7 Å². The van der Waals surface area contributed by atoms with Crippen molar-refractivity contribution in [3.63, 3.8) is 0 Å². The highest BCUT2D eigenvalue weighted by molar-refractivity contribution is 5.89. The van der Waals surface area contributed by atoms with E-state index in [4.69, 9.17) is 0 Å². The van der Waals surface area contributed by atoms with Gasteiger partial charge in [0.1, 0.15) is 5.82 Å². The maximum absolute atomic E-state index is 13.0. The fraction of sp³-hybridized carbons (Fsp3) is 0.500. The van der Waals surface area contributed by atoms with Gasteiger partial charge in [-0.25, -0.2) is 9.18 Å². The van der Waals surface area contributed by atoms with Gasteiger partial charge in [-0.15, -0.1) is 0 Å². The molecule has 0 heterocycles. The van der Waals surface area contributed by atoms with E-state index < -0.39 is 0 Å². The summed E-state index contributed by atoms with van der Waals surface area (Å²) in [5.41, 5.74) is 0.474. The molecule has 104 valence electrons. The molecule has 1 aliphatic carbocycles. The first-order valence-electron chi connectivity index (χ1n) is 6.67. The molecule has 3 N–H and O–H groups in total. The zero-order chi connectivity index (χ0) is 13.7. The van der Waals surface area contributed by atoms with E-state index in [0.29, 0.717) is 11.7 Å². The molecule has 0 aliphatic heterocycles. The number of nitrogens with one attached hydrogen (secondary N) is 3. The lowest BCUT2D eigenvalue weighted by Crippen LogP contribution is -2.43. The lowest BCUT2D eigenvalue weighted by atomic mass is 9.91. The highest BCUT2D eigenvalue weighted by atomic mass is 19.1. The van der Waals surface area contributed by atoms with E-state index in [2.05, 4.69) is 16.0 Å². The minimum Gasteiger partial charge on any atom is -0.335 e. The highest BCUT2D eigenvalue weighted by Gasteiger charge is 2.21. The molecule has 1 aromatic carbocycles. The summed E-state index contributed by atoms with van der Waals surface area (Å²) in [6.07, 6.45) is 4.09. The van der Waals surface area contributed by atoms with E-state index in [0.717, 1.165) is 25.7 Å². The van der Waals surface area contributed by atoms with E-state index in [1.54, 1.807) is 12.1 Å². The molecule has 0 unspecified atom stereocenters. The van der Waals surface area contributed by atoms with Crippen LogP contribution in [0.2, 0.25) is 0 Å². The normalized spacial score (nSPS) is 22.8. The molecule has 1 saturated carbocycles. The molecule has 1 fully saturated rings. The van der Waals surface area contributed by atoms with Crippen molar-refractivity contribution in [2.75, 3.05) is 12.4 Å². The summed E-state index contributed by atoms with van der Waals surface area (Å²) >= 11 is 0. The molecule has 2 amide bonds. The first-order valence-corrected chi connectivity index (χ1v) is 6.67. The quantitative estimate of drug-likeness (QED) is 0.786. The Balaban J connectivity index is 1.79. The maximum atomic E-state index is 13.0. The summed E-state index contributed by atoms with van der Waals surface area (Å²) < 4.78 is 13.0. The maximum Gasteiger partial charge on any atom is 0.319 e. The summed E-state index contributed by atoms with van der Waals surface area (Å²) in [5, 5.41) is 8.83. The van der Waals surface area contributed by atoms with E-state index in [-0.39, 0.29) is 17.9 Å². The van der Waals surface area contributed by atoms with Gasteiger partial charge in [0, 0.05) is 17.8 Å². The number of urea groups is 1. The van der Waals surface area contributed by atoms with Crippen LogP contribution in [-0.4, -0.2) is 25.2 Å². The fourth-order valence-electron chi connectivity index (χ4n) is 2.45. The van der Waals surface area contributed by atoms with Crippen molar-refractivity contribution in [2.45, 2.75) is 37.8 Å². The van der Waals surface area contributed by atoms with Crippen molar-refractivity contribution in [1.82, 2.24) is 10.6 Å². The van der Waals surface area contributed by atoms with Crippen LogP contribution in [-0.2, 0) is 0 Å². The van der Waals surface area contributed by atoms with Crippen molar-refractivity contribution in [2.24, 2.45) is 0 Å². The largest absolute Gasteiger partial charge is 0.335 e. The van der Waals surface area contributed by atoms with Crippen LogP contribution in [0.4, 0.5) is 14.9 Å². The van der Waals surface area contributed by atoms with Crippen LogP contribution in [0.25, 0.3) is 0 Å². The van der Waals surface area contributed by atoms with Gasteiger partial charge in [0.25, 0.3) is 0 Å². The van der Waals surface area contributed by atoms with Crippen LogP contribution in [0.1, 0.15) is 25.7 Å². The molecular formula is C14H20FN3O. The zero-order valence-electron chi connectivity index (χ0n) is 11.1. The molecule has 0 spiro atoms. The number of carbonyl (C=O) groups excluding carboxylic acids is 1. The number of amides is 2. The van der Waals surface area contributed by atoms with Gasteiger partial charge in [0.15, 0.2) is 0 Å². The Labute approximate surface area is 112 Å². The Morgan fingerprint density at radius 2 is 1.89 bits per heavy atom. The molecule has 2 rings (SSSR count). The molecule has 0 atom stereocenters. The highest BCUT2D eigenvalue weighted by Crippen LogP contribution is 2.18. The van der Waals surface area contributed by atoms with Crippen LogP contribution in [0.3, 0.4) is 0 Å². The van der Waals surface area contributed by atoms with Crippen LogP contribution in [0, 0.1) is 5.82 Å². The Bertz CT molecular complexity index is 430. The smallest absolute Gasteiger partial charge is 0.319 e. The van der Waals surface area contributed by atoms with Crippen LogP contribution in [0.15, 0.2) is 24.3 Å². The second kappa shape index (κ2) is 6.52. The minimum atomic E-state index is -0.354. The SMILES string of the molecule is CNC1CCC(NC(=O)Nc2cccc(F)c2)CC1. The molecule has 4 nitrogen and oxygen atoms in total. The Hall–Kier alpha value is -1.62. The van der Waals surface area contributed by atoms with Crippen LogP contribution in [0.5, 0.6) is 0 Å². The van der Waals surface area contributed by atoms with Crippen LogP contribution >= 0.6 is 0 Å². The standard InChI is InChI=1S/C14H20FN3O/c1-16-11-5-7-12(8-6-11)17-14(19)18-13-4-2-3-10(15)9-13/h2-4,9,11-12,16H,5-8H2,1H3,(H2,17,18,19). The average Bonchev–Trinajstić information content (AvgIpc) is 2.39. The first kappa shape index (κ1) is 13.8. The summed E-state index contributed by atoms with van der Waals surface area (Å²) in [4.78, 5) is 11.8. The van der Waals surface area contributed by atoms with Crippen molar-refractivity contribution in [3.8, 4) is 0 Å². The summed E-state index contributed by atoms with van der Waals surface area (Å²) in [6.45, 7) is 0. The number of rotatable bonds is 3. The Kier molecular flexibility index (Phi) is 4.74. The number of halogens is 1. The first-order chi connectivity index (χ1) is 9.17. The number of hydrogen-bond donors (Lipinski definition) is 3. The van der Waals surface area contributed by atoms with E-state index >= 15 is 0 Å². The molecule has 0 radical (unpaired) electrons. The van der Waals surface area contributed by atoms with Gasteiger partial charge in [0.2, 0.25) is 0 Å².